The van der Waals surface area contributed by atoms with Gasteiger partial charge in [0.15, 0.2) is 0 Å². The molecule has 0 unspecified atom stereocenters. The van der Waals surface area contributed by atoms with Crippen molar-refractivity contribution in [3.05, 3.63) is 35.9 Å². The first-order chi connectivity index (χ1) is 8.12. The van der Waals surface area contributed by atoms with Crippen LogP contribution in [0, 0.1) is 5.92 Å². The van der Waals surface area contributed by atoms with E-state index in [2.05, 4.69) is 32.6 Å². The molecule has 1 aromatic rings. The molecule has 0 amide bonds. The van der Waals surface area contributed by atoms with Gasteiger partial charge in [-0.1, -0.05) is 19.9 Å². The molecule has 0 saturated carbocycles. The fraction of sp³-hybridized carbons (Fsp3) is 0.467. The predicted octanol–water partition coefficient (Wildman–Crippen LogP) is 3.63. The molecule has 0 heterocycles. The van der Waals surface area contributed by atoms with Crippen molar-refractivity contribution in [2.45, 2.75) is 26.7 Å². The molecule has 0 saturated heterocycles. The van der Waals surface area contributed by atoms with Crippen LogP contribution in [0.15, 0.2) is 24.8 Å². The monoisotopic (exact) mass is 234 g/mol. The molecule has 0 bridgehead atoms. The Hall–Kier alpha value is -1.44. The van der Waals surface area contributed by atoms with E-state index in [4.69, 9.17) is 9.47 Å². The fourth-order valence-electron chi connectivity index (χ4n) is 1.94. The van der Waals surface area contributed by atoms with Crippen LogP contribution >= 0.6 is 0 Å². The number of methoxy groups -OCH3 is 2. The molecule has 0 atom stereocenters. The number of allylic oxidation sites excluding steroid dienone is 1. The van der Waals surface area contributed by atoms with Gasteiger partial charge >= 0.3 is 0 Å². The van der Waals surface area contributed by atoms with Gasteiger partial charge in [-0.3, -0.25) is 0 Å². The molecule has 17 heavy (non-hydrogen) atoms. The van der Waals surface area contributed by atoms with Crippen molar-refractivity contribution in [1.29, 1.82) is 0 Å². The second-order valence-corrected chi connectivity index (χ2v) is 4.57. The molecule has 0 aliphatic rings. The molecule has 0 aromatic heterocycles. The van der Waals surface area contributed by atoms with Crippen LogP contribution in [0.3, 0.4) is 0 Å². The molecule has 1 aromatic carbocycles. The summed E-state index contributed by atoms with van der Waals surface area (Å²) in [6.45, 7) is 8.16. The number of hydrogen-bond donors (Lipinski definition) is 0. The molecular formula is C15H22O2. The highest BCUT2D eigenvalue weighted by atomic mass is 16.5. The average molecular weight is 234 g/mol. The first-order valence-corrected chi connectivity index (χ1v) is 5.97. The third-order valence-corrected chi connectivity index (χ3v) is 2.68. The number of benzene rings is 1. The highest BCUT2D eigenvalue weighted by molar-refractivity contribution is 5.47. The molecule has 94 valence electrons. The van der Waals surface area contributed by atoms with Gasteiger partial charge in [0.2, 0.25) is 0 Å². The largest absolute Gasteiger partial charge is 0.496 e. The van der Waals surface area contributed by atoms with E-state index in [0.29, 0.717) is 5.92 Å². The zero-order valence-electron chi connectivity index (χ0n) is 11.2. The minimum absolute atomic E-state index is 0.596. The van der Waals surface area contributed by atoms with Crippen LogP contribution in [0.1, 0.15) is 25.0 Å². The Morgan fingerprint density at radius 3 is 2.12 bits per heavy atom. The van der Waals surface area contributed by atoms with Crippen molar-refractivity contribution in [2.75, 3.05) is 14.2 Å². The quantitative estimate of drug-likeness (QED) is 0.700. The Balaban J connectivity index is 3.17. The van der Waals surface area contributed by atoms with Gasteiger partial charge in [-0.15, -0.1) is 6.58 Å². The van der Waals surface area contributed by atoms with Gasteiger partial charge < -0.3 is 9.47 Å². The summed E-state index contributed by atoms with van der Waals surface area (Å²) in [4.78, 5) is 0. The van der Waals surface area contributed by atoms with E-state index in [1.165, 1.54) is 5.56 Å². The highest BCUT2D eigenvalue weighted by Crippen LogP contribution is 2.30. The lowest BCUT2D eigenvalue weighted by Crippen LogP contribution is -2.01. The molecule has 0 aliphatic carbocycles. The van der Waals surface area contributed by atoms with Crippen molar-refractivity contribution < 1.29 is 9.47 Å². The zero-order chi connectivity index (χ0) is 12.8. The molecule has 0 spiro atoms. The van der Waals surface area contributed by atoms with E-state index in [1.807, 2.05) is 6.08 Å². The van der Waals surface area contributed by atoms with Crippen LogP contribution in [0.5, 0.6) is 11.5 Å². The smallest absolute Gasteiger partial charge is 0.122 e. The Bertz CT molecular complexity index is 381. The molecule has 2 nitrogen and oxygen atoms in total. The van der Waals surface area contributed by atoms with Gasteiger partial charge in [0.05, 0.1) is 14.2 Å². The minimum Gasteiger partial charge on any atom is -0.496 e. The second-order valence-electron chi connectivity index (χ2n) is 4.57. The summed E-state index contributed by atoms with van der Waals surface area (Å²) < 4.78 is 10.9. The van der Waals surface area contributed by atoms with Gasteiger partial charge in [0.25, 0.3) is 0 Å². The van der Waals surface area contributed by atoms with Gasteiger partial charge in [-0.2, -0.15) is 0 Å². The van der Waals surface area contributed by atoms with E-state index in [-0.39, 0.29) is 0 Å². The SMILES string of the molecule is C=CCc1cc(OC)c(CC(C)C)cc1OC. The van der Waals surface area contributed by atoms with Crippen molar-refractivity contribution in [3.63, 3.8) is 0 Å². The van der Waals surface area contributed by atoms with Crippen LogP contribution < -0.4 is 9.47 Å². The Kier molecular flexibility index (Phi) is 5.08. The summed E-state index contributed by atoms with van der Waals surface area (Å²) in [7, 11) is 3.41. The summed E-state index contributed by atoms with van der Waals surface area (Å²) in [5.41, 5.74) is 2.32. The molecular weight excluding hydrogens is 212 g/mol. The van der Waals surface area contributed by atoms with Crippen LogP contribution in [0.2, 0.25) is 0 Å². The summed E-state index contributed by atoms with van der Waals surface area (Å²) in [6, 6.07) is 4.13. The summed E-state index contributed by atoms with van der Waals surface area (Å²) in [6.07, 6.45) is 3.66. The molecule has 1 rings (SSSR count). The maximum atomic E-state index is 5.44. The van der Waals surface area contributed by atoms with Gasteiger partial charge in [0.1, 0.15) is 11.5 Å². The second kappa shape index (κ2) is 6.33. The summed E-state index contributed by atoms with van der Waals surface area (Å²) >= 11 is 0. The number of rotatable bonds is 6. The van der Waals surface area contributed by atoms with E-state index >= 15 is 0 Å². The average Bonchev–Trinajstić information content (AvgIpc) is 2.30. The third kappa shape index (κ3) is 3.52. The maximum absolute atomic E-state index is 5.44. The Morgan fingerprint density at radius 1 is 1.12 bits per heavy atom. The van der Waals surface area contributed by atoms with E-state index < -0.39 is 0 Å². The van der Waals surface area contributed by atoms with E-state index in [1.54, 1.807) is 14.2 Å². The van der Waals surface area contributed by atoms with Crippen molar-refractivity contribution in [1.82, 2.24) is 0 Å². The Labute approximate surface area is 104 Å². The predicted molar refractivity (Wildman–Crippen MR) is 72.0 cm³/mol. The number of hydrogen-bond acceptors (Lipinski definition) is 2. The van der Waals surface area contributed by atoms with Gasteiger partial charge in [-0.05, 0) is 36.5 Å². The lowest BCUT2D eigenvalue weighted by atomic mass is 9.99. The highest BCUT2D eigenvalue weighted by Gasteiger charge is 2.11. The summed E-state index contributed by atoms with van der Waals surface area (Å²) in [5, 5.41) is 0. The molecule has 0 radical (unpaired) electrons. The van der Waals surface area contributed by atoms with Crippen molar-refractivity contribution in [3.8, 4) is 11.5 Å². The molecule has 0 fully saturated rings. The molecule has 0 aliphatic heterocycles. The number of ether oxygens (including phenoxy) is 2. The molecule has 0 N–H and O–H groups in total. The lowest BCUT2D eigenvalue weighted by molar-refractivity contribution is 0.393. The summed E-state index contributed by atoms with van der Waals surface area (Å²) in [5.74, 6) is 2.46. The first kappa shape index (κ1) is 13.6. The lowest BCUT2D eigenvalue weighted by Gasteiger charge is -2.15. The van der Waals surface area contributed by atoms with E-state index in [0.717, 1.165) is 29.9 Å². The van der Waals surface area contributed by atoms with Crippen LogP contribution in [-0.2, 0) is 12.8 Å². The van der Waals surface area contributed by atoms with Crippen molar-refractivity contribution >= 4 is 0 Å². The standard InChI is InChI=1S/C15H22O2/c1-6-7-12-9-15(17-5)13(8-11(2)3)10-14(12)16-4/h6,9-11H,1,7-8H2,2-5H3. The van der Waals surface area contributed by atoms with Gasteiger partial charge in [0, 0.05) is 5.56 Å². The van der Waals surface area contributed by atoms with Gasteiger partial charge in [-0.25, -0.2) is 0 Å². The topological polar surface area (TPSA) is 18.5 Å². The van der Waals surface area contributed by atoms with Crippen LogP contribution in [0.25, 0.3) is 0 Å². The first-order valence-electron chi connectivity index (χ1n) is 5.97. The third-order valence-electron chi connectivity index (χ3n) is 2.68. The zero-order valence-corrected chi connectivity index (χ0v) is 11.2. The fourth-order valence-corrected chi connectivity index (χ4v) is 1.94. The van der Waals surface area contributed by atoms with Crippen molar-refractivity contribution in [2.24, 2.45) is 5.92 Å². The van der Waals surface area contributed by atoms with Crippen LogP contribution in [-0.4, -0.2) is 14.2 Å². The van der Waals surface area contributed by atoms with E-state index in [9.17, 15) is 0 Å². The Morgan fingerprint density at radius 2 is 1.65 bits per heavy atom. The normalized spacial score (nSPS) is 10.4. The molecule has 2 heteroatoms. The maximum Gasteiger partial charge on any atom is 0.122 e. The van der Waals surface area contributed by atoms with Crippen LogP contribution in [0.4, 0.5) is 0 Å². The minimum atomic E-state index is 0.596.